The van der Waals surface area contributed by atoms with Crippen LogP contribution in [-0.2, 0) is 25.7 Å². The molecule has 2 aliphatic rings. The third-order valence-corrected chi connectivity index (χ3v) is 8.00. The molecule has 41 heavy (non-hydrogen) atoms. The van der Waals surface area contributed by atoms with Crippen molar-refractivity contribution in [1.82, 2.24) is 10.6 Å². The Labute approximate surface area is 249 Å². The van der Waals surface area contributed by atoms with Gasteiger partial charge in [0.1, 0.15) is 12.2 Å². The molecule has 8 heteroatoms. The summed E-state index contributed by atoms with van der Waals surface area (Å²) in [7, 11) is 0. The van der Waals surface area contributed by atoms with Crippen molar-refractivity contribution in [2.24, 2.45) is 11.3 Å². The molecule has 2 unspecified atom stereocenters. The SMILES string of the molecule is CC(=O)NCc1cccc(C2OC(CC(=O)NCC3CCCCCC3)C(=O)N(CC(C)(C)C)c3ccc(Cl)cc32)c1. The zero-order valence-corrected chi connectivity index (χ0v) is 25.6. The summed E-state index contributed by atoms with van der Waals surface area (Å²) >= 11 is 6.49. The molecule has 2 aromatic carbocycles. The van der Waals surface area contributed by atoms with E-state index in [1.54, 1.807) is 11.0 Å². The minimum Gasteiger partial charge on any atom is -0.356 e. The van der Waals surface area contributed by atoms with Crippen LogP contribution in [0.5, 0.6) is 0 Å². The number of carbonyl (C=O) groups is 3. The standard InChI is InChI=1S/C33H44ClN3O4/c1-22(38)35-20-24-12-9-13-25(16-24)31-27-17-26(34)14-15-28(27)37(21-33(2,3)4)32(40)29(41-31)18-30(39)36-19-23-10-7-5-6-8-11-23/h9,12-17,23,29,31H,5-8,10-11,18-21H2,1-4H3,(H,35,38)(H,36,39). The minimum absolute atomic E-state index is 0.0595. The maximum atomic E-state index is 14.1. The zero-order chi connectivity index (χ0) is 29.6. The fourth-order valence-corrected chi connectivity index (χ4v) is 5.94. The number of carbonyl (C=O) groups excluding carboxylic acids is 3. The van der Waals surface area contributed by atoms with E-state index in [0.29, 0.717) is 30.6 Å². The van der Waals surface area contributed by atoms with E-state index in [0.717, 1.165) is 35.2 Å². The number of halogens is 1. The van der Waals surface area contributed by atoms with Gasteiger partial charge < -0.3 is 20.3 Å². The molecule has 0 saturated heterocycles. The molecule has 2 N–H and O–H groups in total. The molecule has 2 aromatic rings. The first-order valence-electron chi connectivity index (χ1n) is 14.9. The van der Waals surface area contributed by atoms with E-state index in [1.807, 2.05) is 36.4 Å². The van der Waals surface area contributed by atoms with Crippen LogP contribution in [0.1, 0.15) is 95.4 Å². The molecule has 4 rings (SSSR count). The number of benzene rings is 2. The Morgan fingerprint density at radius 2 is 1.76 bits per heavy atom. The molecule has 1 aliphatic heterocycles. The highest BCUT2D eigenvalue weighted by molar-refractivity contribution is 6.30. The molecule has 0 aromatic heterocycles. The molecule has 0 bridgehead atoms. The Hall–Kier alpha value is -2.90. The van der Waals surface area contributed by atoms with Crippen LogP contribution >= 0.6 is 11.6 Å². The normalized spacial score (nSPS) is 20.1. The fourth-order valence-electron chi connectivity index (χ4n) is 5.76. The van der Waals surface area contributed by atoms with Crippen LogP contribution in [0.25, 0.3) is 0 Å². The first kappa shape index (κ1) is 31.0. The maximum absolute atomic E-state index is 14.1. The van der Waals surface area contributed by atoms with Crippen LogP contribution in [0.2, 0.25) is 5.02 Å². The van der Waals surface area contributed by atoms with Crippen LogP contribution in [0, 0.1) is 11.3 Å². The summed E-state index contributed by atoms with van der Waals surface area (Å²) in [5.74, 6) is -0.0397. The number of nitrogens with zero attached hydrogens (tertiary/aromatic N) is 1. The Morgan fingerprint density at radius 1 is 1.02 bits per heavy atom. The summed E-state index contributed by atoms with van der Waals surface area (Å²) in [6.07, 6.45) is 5.53. The number of hydrogen-bond acceptors (Lipinski definition) is 4. The van der Waals surface area contributed by atoms with Crippen molar-refractivity contribution < 1.29 is 19.1 Å². The summed E-state index contributed by atoms with van der Waals surface area (Å²) < 4.78 is 6.60. The van der Waals surface area contributed by atoms with E-state index in [1.165, 1.54) is 32.6 Å². The van der Waals surface area contributed by atoms with Gasteiger partial charge in [-0.1, -0.05) is 82.3 Å². The van der Waals surface area contributed by atoms with Crippen molar-refractivity contribution in [3.63, 3.8) is 0 Å². The summed E-state index contributed by atoms with van der Waals surface area (Å²) in [6, 6.07) is 13.3. The molecule has 1 aliphatic carbocycles. The molecule has 1 heterocycles. The Balaban J connectivity index is 1.66. The van der Waals surface area contributed by atoms with Crippen LogP contribution in [-0.4, -0.2) is 36.9 Å². The number of anilines is 1. The second-order valence-corrected chi connectivity index (χ2v) is 13.1. The molecule has 2 atom stereocenters. The van der Waals surface area contributed by atoms with Crippen LogP contribution in [0.15, 0.2) is 42.5 Å². The third kappa shape index (κ3) is 8.79. The number of ether oxygens (including phenoxy) is 1. The van der Waals surface area contributed by atoms with Gasteiger partial charge in [0.25, 0.3) is 5.91 Å². The summed E-state index contributed by atoms with van der Waals surface area (Å²) in [5, 5.41) is 6.47. The molecule has 222 valence electrons. The summed E-state index contributed by atoms with van der Waals surface area (Å²) in [4.78, 5) is 40.6. The lowest BCUT2D eigenvalue weighted by molar-refractivity contribution is -0.138. The number of amides is 3. The molecule has 0 radical (unpaired) electrons. The van der Waals surface area contributed by atoms with E-state index in [9.17, 15) is 14.4 Å². The topological polar surface area (TPSA) is 87.7 Å². The van der Waals surface area contributed by atoms with Crippen LogP contribution in [0.4, 0.5) is 5.69 Å². The maximum Gasteiger partial charge on any atom is 0.256 e. The lowest BCUT2D eigenvalue weighted by Crippen LogP contribution is -2.45. The number of nitrogens with one attached hydrogen (secondary N) is 2. The lowest BCUT2D eigenvalue weighted by atomic mass is 9.94. The quantitative estimate of drug-likeness (QED) is 0.357. The van der Waals surface area contributed by atoms with Crippen LogP contribution in [0.3, 0.4) is 0 Å². The van der Waals surface area contributed by atoms with Crippen molar-refractivity contribution in [2.45, 2.75) is 91.4 Å². The van der Waals surface area contributed by atoms with Gasteiger partial charge in [0.2, 0.25) is 11.8 Å². The summed E-state index contributed by atoms with van der Waals surface area (Å²) in [6.45, 7) is 9.20. The first-order chi connectivity index (χ1) is 19.5. The van der Waals surface area contributed by atoms with Gasteiger partial charge >= 0.3 is 0 Å². The highest BCUT2D eigenvalue weighted by atomic mass is 35.5. The number of hydrogen-bond donors (Lipinski definition) is 2. The largest absolute Gasteiger partial charge is 0.356 e. The Morgan fingerprint density at radius 3 is 2.44 bits per heavy atom. The summed E-state index contributed by atoms with van der Waals surface area (Å²) in [5.41, 5.74) is 3.04. The van der Waals surface area contributed by atoms with Gasteiger partial charge in [-0.15, -0.1) is 0 Å². The van der Waals surface area contributed by atoms with Crippen molar-refractivity contribution in [2.75, 3.05) is 18.0 Å². The second kappa shape index (κ2) is 13.8. The predicted octanol–water partition coefficient (Wildman–Crippen LogP) is 6.32. The van der Waals surface area contributed by atoms with Gasteiger partial charge in [0.15, 0.2) is 0 Å². The fraction of sp³-hybridized carbons (Fsp3) is 0.545. The Bertz CT molecular complexity index is 1230. The third-order valence-electron chi connectivity index (χ3n) is 7.77. The van der Waals surface area contributed by atoms with Crippen molar-refractivity contribution in [3.05, 3.63) is 64.2 Å². The molecular weight excluding hydrogens is 538 g/mol. The molecule has 1 saturated carbocycles. The lowest BCUT2D eigenvalue weighted by Gasteiger charge is -2.31. The molecule has 0 spiro atoms. The number of rotatable bonds is 8. The highest BCUT2D eigenvalue weighted by Gasteiger charge is 2.39. The van der Waals surface area contributed by atoms with Gasteiger partial charge in [-0.2, -0.15) is 0 Å². The zero-order valence-electron chi connectivity index (χ0n) is 24.8. The molecule has 3 amide bonds. The van der Waals surface area contributed by atoms with E-state index in [2.05, 4.69) is 31.4 Å². The van der Waals surface area contributed by atoms with Gasteiger partial charge in [-0.3, -0.25) is 14.4 Å². The minimum atomic E-state index is -0.971. The van der Waals surface area contributed by atoms with Gasteiger partial charge in [-0.05, 0) is 53.5 Å². The Kier molecular flexibility index (Phi) is 10.5. The average molecular weight is 582 g/mol. The van der Waals surface area contributed by atoms with Crippen LogP contribution < -0.4 is 15.5 Å². The molecule has 7 nitrogen and oxygen atoms in total. The van der Waals surface area contributed by atoms with E-state index in [4.69, 9.17) is 16.3 Å². The highest BCUT2D eigenvalue weighted by Crippen LogP contribution is 2.41. The number of fused-ring (bicyclic) bond motifs is 1. The monoisotopic (exact) mass is 581 g/mol. The first-order valence-corrected chi connectivity index (χ1v) is 15.2. The predicted molar refractivity (Wildman–Crippen MR) is 163 cm³/mol. The van der Waals surface area contributed by atoms with E-state index in [-0.39, 0.29) is 29.6 Å². The van der Waals surface area contributed by atoms with Gasteiger partial charge in [0, 0.05) is 42.8 Å². The second-order valence-electron chi connectivity index (χ2n) is 12.7. The molecule has 1 fully saturated rings. The van der Waals surface area contributed by atoms with E-state index >= 15 is 0 Å². The van der Waals surface area contributed by atoms with Gasteiger partial charge in [0.05, 0.1) is 6.42 Å². The van der Waals surface area contributed by atoms with Crippen molar-refractivity contribution in [3.8, 4) is 0 Å². The average Bonchev–Trinajstić information content (AvgIpc) is 3.24. The smallest absolute Gasteiger partial charge is 0.256 e. The van der Waals surface area contributed by atoms with Gasteiger partial charge in [-0.25, -0.2) is 0 Å². The van der Waals surface area contributed by atoms with Crippen molar-refractivity contribution in [1.29, 1.82) is 0 Å². The molecular formula is C33H44ClN3O4. The van der Waals surface area contributed by atoms with Crippen molar-refractivity contribution >= 4 is 35.0 Å². The van der Waals surface area contributed by atoms with E-state index < -0.39 is 12.2 Å².